The number of rotatable bonds is 6. The fourth-order valence-corrected chi connectivity index (χ4v) is 2.45. The summed E-state index contributed by atoms with van der Waals surface area (Å²) in [6.07, 6.45) is 0. The zero-order chi connectivity index (χ0) is 15.4. The van der Waals surface area contributed by atoms with Gasteiger partial charge in [-0.15, -0.1) is 0 Å². The Morgan fingerprint density at radius 1 is 1.33 bits per heavy atom. The molecule has 0 spiro atoms. The molecular weight excluding hydrogens is 268 g/mol. The molecule has 0 aromatic heterocycles. The molecule has 21 heavy (non-hydrogen) atoms. The minimum Gasteiger partial charge on any atom is -0.377 e. The van der Waals surface area contributed by atoms with Crippen LogP contribution in [0.2, 0.25) is 0 Å². The number of amides is 3. The number of urea groups is 1. The Hall–Kier alpha value is -2.08. The monoisotopic (exact) mass is 290 g/mol. The number of carbonyl (C=O) groups excluding carboxylic acids is 2. The van der Waals surface area contributed by atoms with Crippen LogP contribution in [0.3, 0.4) is 0 Å². The second kappa shape index (κ2) is 6.58. The number of imide groups is 1. The van der Waals surface area contributed by atoms with Crippen LogP contribution in [0.1, 0.15) is 18.5 Å². The molecule has 0 aliphatic carbocycles. The van der Waals surface area contributed by atoms with E-state index in [0.717, 1.165) is 5.69 Å². The van der Waals surface area contributed by atoms with E-state index in [1.54, 1.807) is 0 Å². The largest absolute Gasteiger partial charge is 0.377 e. The molecule has 1 heterocycles. The van der Waals surface area contributed by atoms with Crippen molar-refractivity contribution in [2.24, 2.45) is 0 Å². The third-order valence-corrected chi connectivity index (χ3v) is 3.61. The standard InChI is InChI=1S/C15H22N4O2/c1-11(12-6-4-5-7-13(12)18(2)3)16-8-9-19-14(20)10-17-15(19)21/h4-7,11,16H,8-10H2,1-3H3,(H,17,21)/t11-/m0/s1. The Labute approximate surface area is 125 Å². The van der Waals surface area contributed by atoms with Gasteiger partial charge in [-0.1, -0.05) is 18.2 Å². The Morgan fingerprint density at radius 2 is 2.05 bits per heavy atom. The van der Waals surface area contributed by atoms with Crippen LogP contribution < -0.4 is 15.5 Å². The molecule has 6 nitrogen and oxygen atoms in total. The molecule has 1 saturated heterocycles. The Bertz CT molecular complexity index is 514. The lowest BCUT2D eigenvalue weighted by molar-refractivity contribution is -0.124. The molecule has 114 valence electrons. The summed E-state index contributed by atoms with van der Waals surface area (Å²) in [5.41, 5.74) is 2.35. The maximum absolute atomic E-state index is 11.5. The van der Waals surface area contributed by atoms with Gasteiger partial charge in [-0.2, -0.15) is 0 Å². The molecule has 1 atom stereocenters. The average molecular weight is 290 g/mol. The van der Waals surface area contributed by atoms with Crippen molar-refractivity contribution in [3.8, 4) is 0 Å². The Morgan fingerprint density at radius 3 is 2.67 bits per heavy atom. The summed E-state index contributed by atoms with van der Waals surface area (Å²) < 4.78 is 0. The molecule has 1 aromatic rings. The van der Waals surface area contributed by atoms with E-state index in [0.29, 0.717) is 13.1 Å². The van der Waals surface area contributed by atoms with Gasteiger partial charge in [0.25, 0.3) is 0 Å². The highest BCUT2D eigenvalue weighted by Gasteiger charge is 2.27. The number of carbonyl (C=O) groups is 2. The number of anilines is 1. The molecule has 1 aliphatic heterocycles. The highest BCUT2D eigenvalue weighted by molar-refractivity contribution is 6.01. The molecule has 1 aromatic carbocycles. The zero-order valence-corrected chi connectivity index (χ0v) is 12.7. The van der Waals surface area contributed by atoms with Gasteiger partial charge in [0.15, 0.2) is 0 Å². The van der Waals surface area contributed by atoms with Crippen molar-refractivity contribution in [2.75, 3.05) is 38.6 Å². The van der Waals surface area contributed by atoms with Gasteiger partial charge in [-0.25, -0.2) is 4.79 Å². The predicted octanol–water partition coefficient (Wildman–Crippen LogP) is 0.955. The average Bonchev–Trinajstić information content (AvgIpc) is 2.78. The van der Waals surface area contributed by atoms with Crippen molar-refractivity contribution in [1.82, 2.24) is 15.5 Å². The first-order valence-electron chi connectivity index (χ1n) is 7.08. The number of benzene rings is 1. The summed E-state index contributed by atoms with van der Waals surface area (Å²) in [6, 6.07) is 8.02. The van der Waals surface area contributed by atoms with E-state index in [4.69, 9.17) is 0 Å². The summed E-state index contributed by atoms with van der Waals surface area (Å²) in [6.45, 7) is 3.15. The first-order chi connectivity index (χ1) is 10.0. The van der Waals surface area contributed by atoms with Crippen molar-refractivity contribution >= 4 is 17.6 Å². The summed E-state index contributed by atoms with van der Waals surface area (Å²) >= 11 is 0. The molecule has 0 unspecified atom stereocenters. The quantitative estimate of drug-likeness (QED) is 0.766. The Kier molecular flexibility index (Phi) is 4.80. The number of hydrogen-bond acceptors (Lipinski definition) is 4. The maximum atomic E-state index is 11.5. The van der Waals surface area contributed by atoms with E-state index in [9.17, 15) is 9.59 Å². The van der Waals surface area contributed by atoms with E-state index < -0.39 is 0 Å². The van der Waals surface area contributed by atoms with Crippen LogP contribution in [0.4, 0.5) is 10.5 Å². The van der Waals surface area contributed by atoms with Gasteiger partial charge in [0.1, 0.15) is 0 Å². The minimum absolute atomic E-state index is 0.109. The molecule has 6 heteroatoms. The van der Waals surface area contributed by atoms with E-state index in [-0.39, 0.29) is 24.5 Å². The van der Waals surface area contributed by atoms with Gasteiger partial charge in [-0.3, -0.25) is 9.69 Å². The summed E-state index contributed by atoms with van der Waals surface area (Å²) in [7, 11) is 4.03. The highest BCUT2D eigenvalue weighted by Crippen LogP contribution is 2.24. The minimum atomic E-state index is -0.303. The van der Waals surface area contributed by atoms with Gasteiger partial charge >= 0.3 is 6.03 Å². The lowest BCUT2D eigenvalue weighted by atomic mass is 10.1. The van der Waals surface area contributed by atoms with Crippen LogP contribution in [0.25, 0.3) is 0 Å². The molecule has 1 aliphatic rings. The van der Waals surface area contributed by atoms with Crippen molar-refractivity contribution in [3.05, 3.63) is 29.8 Å². The second-order valence-corrected chi connectivity index (χ2v) is 5.33. The SMILES string of the molecule is C[C@H](NCCN1C(=O)CNC1=O)c1ccccc1N(C)C. The number of para-hydroxylation sites is 1. The van der Waals surface area contributed by atoms with Crippen LogP contribution in [-0.2, 0) is 4.79 Å². The second-order valence-electron chi connectivity index (χ2n) is 5.33. The normalized spacial score (nSPS) is 16.0. The van der Waals surface area contributed by atoms with Gasteiger partial charge in [0.2, 0.25) is 5.91 Å². The summed E-state index contributed by atoms with van der Waals surface area (Å²) in [5, 5.41) is 5.88. The van der Waals surface area contributed by atoms with Crippen LogP contribution in [0, 0.1) is 0 Å². The fraction of sp³-hybridized carbons (Fsp3) is 0.467. The van der Waals surface area contributed by atoms with Gasteiger partial charge in [0.05, 0.1) is 6.54 Å². The molecule has 2 rings (SSSR count). The van der Waals surface area contributed by atoms with Gasteiger partial charge in [0, 0.05) is 38.9 Å². The Balaban J connectivity index is 1.92. The van der Waals surface area contributed by atoms with Crippen LogP contribution >= 0.6 is 0 Å². The zero-order valence-electron chi connectivity index (χ0n) is 12.7. The van der Waals surface area contributed by atoms with E-state index in [1.807, 2.05) is 26.2 Å². The number of hydrogen-bond donors (Lipinski definition) is 2. The lowest BCUT2D eigenvalue weighted by Gasteiger charge is -2.23. The highest BCUT2D eigenvalue weighted by atomic mass is 16.2. The van der Waals surface area contributed by atoms with E-state index in [1.165, 1.54) is 10.5 Å². The van der Waals surface area contributed by atoms with Crippen LogP contribution in [-0.4, -0.2) is 50.6 Å². The smallest absolute Gasteiger partial charge is 0.324 e. The molecule has 0 bridgehead atoms. The fourth-order valence-electron chi connectivity index (χ4n) is 2.45. The molecule has 1 fully saturated rings. The lowest BCUT2D eigenvalue weighted by Crippen LogP contribution is -2.37. The molecule has 0 saturated carbocycles. The first kappa shape index (κ1) is 15.3. The topological polar surface area (TPSA) is 64.7 Å². The number of nitrogens with zero attached hydrogens (tertiary/aromatic N) is 2. The first-order valence-corrected chi connectivity index (χ1v) is 7.08. The van der Waals surface area contributed by atoms with Crippen LogP contribution in [0.15, 0.2) is 24.3 Å². The molecular formula is C15H22N4O2. The van der Waals surface area contributed by atoms with Crippen molar-refractivity contribution in [3.63, 3.8) is 0 Å². The molecule has 3 amide bonds. The summed E-state index contributed by atoms with van der Waals surface area (Å²) in [5.74, 6) is -0.164. The third-order valence-electron chi connectivity index (χ3n) is 3.61. The number of nitrogens with one attached hydrogen (secondary N) is 2. The van der Waals surface area contributed by atoms with Gasteiger partial charge < -0.3 is 15.5 Å². The molecule has 2 N–H and O–H groups in total. The van der Waals surface area contributed by atoms with Crippen molar-refractivity contribution in [1.29, 1.82) is 0 Å². The summed E-state index contributed by atoms with van der Waals surface area (Å²) in [4.78, 5) is 26.2. The van der Waals surface area contributed by atoms with Crippen LogP contribution in [0.5, 0.6) is 0 Å². The predicted molar refractivity (Wildman–Crippen MR) is 82.3 cm³/mol. The van der Waals surface area contributed by atoms with Gasteiger partial charge in [-0.05, 0) is 18.6 Å². The van der Waals surface area contributed by atoms with Crippen molar-refractivity contribution < 1.29 is 9.59 Å². The maximum Gasteiger partial charge on any atom is 0.324 e. The van der Waals surface area contributed by atoms with Crippen molar-refractivity contribution in [2.45, 2.75) is 13.0 Å². The van der Waals surface area contributed by atoms with E-state index in [2.05, 4.69) is 34.6 Å². The third kappa shape index (κ3) is 3.52. The molecule has 0 radical (unpaired) electrons. The van der Waals surface area contributed by atoms with E-state index >= 15 is 0 Å².